The molecule has 1 saturated heterocycles. The molecule has 0 aromatic carbocycles. The number of aromatic nitrogens is 2. The van der Waals surface area contributed by atoms with Gasteiger partial charge in [-0.1, -0.05) is 13.3 Å². The number of carboxylic acid groups (broad SMARTS) is 1. The summed E-state index contributed by atoms with van der Waals surface area (Å²) in [5.41, 5.74) is 0.422. The average molecular weight is 251 g/mol. The first-order valence-electron chi connectivity index (χ1n) is 6.54. The van der Waals surface area contributed by atoms with Crippen LogP contribution in [0.5, 0.6) is 0 Å². The summed E-state index contributed by atoms with van der Waals surface area (Å²) in [6.07, 6.45) is 7.12. The maximum atomic E-state index is 11.7. The van der Waals surface area contributed by atoms with E-state index in [1.54, 1.807) is 4.68 Å². The van der Waals surface area contributed by atoms with E-state index >= 15 is 0 Å². The average Bonchev–Trinajstić information content (AvgIpc) is 2.88. The van der Waals surface area contributed by atoms with Gasteiger partial charge in [0.25, 0.3) is 0 Å². The Labute approximate surface area is 107 Å². The van der Waals surface area contributed by atoms with Gasteiger partial charge in [0.15, 0.2) is 0 Å². The summed E-state index contributed by atoms with van der Waals surface area (Å²) in [5, 5.41) is 13.7. The highest BCUT2D eigenvalue weighted by atomic mass is 16.4. The van der Waals surface area contributed by atoms with Crippen molar-refractivity contribution in [3.63, 3.8) is 0 Å². The number of rotatable bonds is 5. The van der Waals surface area contributed by atoms with E-state index in [0.717, 1.165) is 37.8 Å². The molecule has 1 atom stereocenters. The lowest BCUT2D eigenvalue weighted by Gasteiger charge is -2.34. The number of hydrogen-bond acceptors (Lipinski definition) is 3. The molecule has 1 unspecified atom stereocenters. The van der Waals surface area contributed by atoms with Gasteiger partial charge in [-0.15, -0.1) is 0 Å². The molecule has 5 nitrogen and oxygen atoms in total. The van der Waals surface area contributed by atoms with Crippen molar-refractivity contribution >= 4 is 5.97 Å². The van der Waals surface area contributed by atoms with Crippen molar-refractivity contribution < 1.29 is 9.90 Å². The summed E-state index contributed by atoms with van der Waals surface area (Å²) in [4.78, 5) is 13.8. The lowest BCUT2D eigenvalue weighted by atomic mass is 9.90. The van der Waals surface area contributed by atoms with Gasteiger partial charge in [0.2, 0.25) is 0 Å². The van der Waals surface area contributed by atoms with Gasteiger partial charge in [0.1, 0.15) is 5.54 Å². The van der Waals surface area contributed by atoms with E-state index in [9.17, 15) is 9.90 Å². The normalized spacial score (nSPS) is 24.6. The second-order valence-corrected chi connectivity index (χ2v) is 5.13. The number of aliphatic carboxylic acids is 1. The monoisotopic (exact) mass is 251 g/mol. The molecular weight excluding hydrogens is 230 g/mol. The van der Waals surface area contributed by atoms with Crippen LogP contribution < -0.4 is 0 Å². The molecule has 0 amide bonds. The Bertz CT molecular complexity index is 430. The highest BCUT2D eigenvalue weighted by molar-refractivity contribution is 5.79. The van der Waals surface area contributed by atoms with Crippen LogP contribution in [0.4, 0.5) is 0 Å². The summed E-state index contributed by atoms with van der Waals surface area (Å²) in [6, 6.07) is 0. The zero-order valence-corrected chi connectivity index (χ0v) is 11.1. The fourth-order valence-corrected chi connectivity index (χ4v) is 2.98. The molecule has 100 valence electrons. The van der Waals surface area contributed by atoms with Crippen LogP contribution in [0, 0.1) is 0 Å². The summed E-state index contributed by atoms with van der Waals surface area (Å²) >= 11 is 0. The van der Waals surface area contributed by atoms with Gasteiger partial charge in [-0.2, -0.15) is 5.10 Å². The molecule has 18 heavy (non-hydrogen) atoms. The molecule has 1 aliphatic heterocycles. The van der Waals surface area contributed by atoms with Crippen molar-refractivity contribution in [3.05, 3.63) is 18.0 Å². The summed E-state index contributed by atoms with van der Waals surface area (Å²) < 4.78 is 1.76. The molecule has 1 aromatic heterocycles. The van der Waals surface area contributed by atoms with Crippen molar-refractivity contribution in [2.24, 2.45) is 7.05 Å². The van der Waals surface area contributed by atoms with Crippen LogP contribution in [-0.4, -0.2) is 37.8 Å². The minimum Gasteiger partial charge on any atom is -0.480 e. The number of hydrogen-bond donors (Lipinski definition) is 1. The molecule has 0 radical (unpaired) electrons. The predicted molar refractivity (Wildman–Crippen MR) is 68.1 cm³/mol. The lowest BCUT2D eigenvalue weighted by molar-refractivity contribution is -0.150. The Morgan fingerprint density at radius 1 is 1.61 bits per heavy atom. The Hall–Kier alpha value is -1.36. The van der Waals surface area contributed by atoms with E-state index in [4.69, 9.17) is 0 Å². The zero-order chi connectivity index (χ0) is 13.2. The number of nitrogens with zero attached hydrogens (tertiary/aromatic N) is 3. The van der Waals surface area contributed by atoms with Crippen molar-refractivity contribution in [1.29, 1.82) is 0 Å². The first kappa shape index (κ1) is 13.1. The number of aryl methyl sites for hydroxylation is 1. The van der Waals surface area contributed by atoms with Gasteiger partial charge < -0.3 is 5.11 Å². The third-order valence-corrected chi connectivity index (χ3v) is 3.82. The highest BCUT2D eigenvalue weighted by Gasteiger charge is 2.46. The van der Waals surface area contributed by atoms with E-state index in [2.05, 4.69) is 10.00 Å². The molecule has 1 N–H and O–H groups in total. The van der Waals surface area contributed by atoms with Gasteiger partial charge in [-0.3, -0.25) is 14.4 Å². The maximum Gasteiger partial charge on any atom is 0.324 e. The van der Waals surface area contributed by atoms with Crippen LogP contribution in [-0.2, 0) is 18.4 Å². The van der Waals surface area contributed by atoms with Gasteiger partial charge in [-0.05, 0) is 25.8 Å². The van der Waals surface area contributed by atoms with Crippen LogP contribution in [0.2, 0.25) is 0 Å². The minimum absolute atomic E-state index is 0.662. The topological polar surface area (TPSA) is 58.4 Å². The van der Waals surface area contributed by atoms with Gasteiger partial charge in [0, 0.05) is 25.4 Å². The Morgan fingerprint density at radius 3 is 2.94 bits per heavy atom. The largest absolute Gasteiger partial charge is 0.480 e. The van der Waals surface area contributed by atoms with Crippen molar-refractivity contribution in [2.45, 2.75) is 44.7 Å². The third kappa shape index (κ3) is 2.27. The summed E-state index contributed by atoms with van der Waals surface area (Å²) in [6.45, 7) is 3.59. The number of carbonyl (C=O) groups is 1. The molecule has 0 aliphatic carbocycles. The lowest BCUT2D eigenvalue weighted by Crippen LogP contribution is -2.49. The fourth-order valence-electron chi connectivity index (χ4n) is 2.98. The first-order valence-corrected chi connectivity index (χ1v) is 6.54. The maximum absolute atomic E-state index is 11.7. The predicted octanol–water partition coefficient (Wildman–Crippen LogP) is 1.64. The van der Waals surface area contributed by atoms with E-state index in [-0.39, 0.29) is 0 Å². The van der Waals surface area contributed by atoms with Crippen LogP contribution in [0.1, 0.15) is 38.2 Å². The smallest absolute Gasteiger partial charge is 0.324 e. The standard InChI is InChI=1S/C13H21N3O2/c1-3-5-13(12(17)18)6-4-7-16(13)10-11-8-14-15(2)9-11/h8-9H,3-7,10H2,1-2H3,(H,17,18). The Morgan fingerprint density at radius 2 is 2.39 bits per heavy atom. The van der Waals surface area contributed by atoms with Crippen molar-refractivity contribution in [2.75, 3.05) is 6.54 Å². The molecule has 0 bridgehead atoms. The minimum atomic E-state index is -0.675. The van der Waals surface area contributed by atoms with E-state index in [1.807, 2.05) is 26.4 Å². The summed E-state index contributed by atoms with van der Waals surface area (Å²) in [7, 11) is 1.88. The van der Waals surface area contributed by atoms with Crippen LogP contribution in [0.25, 0.3) is 0 Å². The molecule has 2 rings (SSSR count). The van der Waals surface area contributed by atoms with Gasteiger partial charge in [-0.25, -0.2) is 0 Å². The fraction of sp³-hybridized carbons (Fsp3) is 0.692. The molecule has 0 saturated carbocycles. The van der Waals surface area contributed by atoms with E-state index in [0.29, 0.717) is 6.54 Å². The molecule has 1 fully saturated rings. The third-order valence-electron chi connectivity index (χ3n) is 3.82. The molecule has 1 aromatic rings. The Kier molecular flexibility index (Phi) is 3.71. The summed E-state index contributed by atoms with van der Waals surface area (Å²) in [5.74, 6) is -0.675. The molecule has 1 aliphatic rings. The Balaban J connectivity index is 2.17. The van der Waals surface area contributed by atoms with Gasteiger partial charge in [0.05, 0.1) is 6.20 Å². The van der Waals surface area contributed by atoms with Crippen molar-refractivity contribution in [3.8, 4) is 0 Å². The van der Waals surface area contributed by atoms with Crippen LogP contribution in [0.15, 0.2) is 12.4 Å². The van der Waals surface area contributed by atoms with Crippen LogP contribution in [0.3, 0.4) is 0 Å². The second kappa shape index (κ2) is 5.10. The van der Waals surface area contributed by atoms with E-state index in [1.165, 1.54) is 0 Å². The second-order valence-electron chi connectivity index (χ2n) is 5.13. The van der Waals surface area contributed by atoms with Gasteiger partial charge >= 0.3 is 5.97 Å². The molecule has 5 heteroatoms. The highest BCUT2D eigenvalue weighted by Crippen LogP contribution is 2.35. The molecular formula is C13H21N3O2. The molecule has 0 spiro atoms. The quantitative estimate of drug-likeness (QED) is 0.864. The first-order chi connectivity index (χ1) is 8.58. The van der Waals surface area contributed by atoms with Crippen LogP contribution >= 0.6 is 0 Å². The van der Waals surface area contributed by atoms with E-state index < -0.39 is 11.5 Å². The number of carboxylic acids is 1. The van der Waals surface area contributed by atoms with Crippen molar-refractivity contribution in [1.82, 2.24) is 14.7 Å². The number of likely N-dealkylation sites (tertiary alicyclic amines) is 1. The zero-order valence-electron chi connectivity index (χ0n) is 11.1. The molecule has 2 heterocycles. The SMILES string of the molecule is CCCC1(C(=O)O)CCCN1Cc1cnn(C)c1.